The Morgan fingerprint density at radius 1 is 1.29 bits per heavy atom. The first-order chi connectivity index (χ1) is 3.39. The molecule has 42 valence electrons. The molecule has 0 aromatic rings. The standard InChI is InChI=1S/C3H6AsBrO2/c5-4-6-2-1-3-7-4/h1-3H2. The Hall–Kier alpha value is 0.958. The Labute approximate surface area is 54.7 Å². The van der Waals surface area contributed by atoms with E-state index in [1.165, 1.54) is 0 Å². The van der Waals surface area contributed by atoms with Crippen LogP contribution in [0.25, 0.3) is 0 Å². The molecule has 0 atom stereocenters. The van der Waals surface area contributed by atoms with Gasteiger partial charge in [-0.1, -0.05) is 0 Å². The summed E-state index contributed by atoms with van der Waals surface area (Å²) < 4.78 is 10.2. The van der Waals surface area contributed by atoms with Crippen LogP contribution in [-0.4, -0.2) is 26.7 Å². The average Bonchev–Trinajstić information content (AvgIpc) is 1.69. The van der Waals surface area contributed by atoms with Crippen LogP contribution in [0.3, 0.4) is 0 Å². The molecular weight excluding hydrogens is 223 g/mol. The fourth-order valence-corrected chi connectivity index (χ4v) is 3.17. The van der Waals surface area contributed by atoms with Gasteiger partial charge in [0.15, 0.2) is 0 Å². The van der Waals surface area contributed by atoms with Crippen molar-refractivity contribution in [3.8, 4) is 0 Å². The third-order valence-electron chi connectivity index (χ3n) is 0.674. The zero-order chi connectivity index (χ0) is 5.11. The second-order valence-electron chi connectivity index (χ2n) is 1.23. The predicted octanol–water partition coefficient (Wildman–Crippen LogP) is 0.803. The van der Waals surface area contributed by atoms with Gasteiger partial charge in [0.25, 0.3) is 0 Å². The van der Waals surface area contributed by atoms with Crippen LogP contribution < -0.4 is 0 Å². The summed E-state index contributed by atoms with van der Waals surface area (Å²) in [6, 6.07) is 0. The SMILES string of the molecule is Br[As]1OCCCO1. The van der Waals surface area contributed by atoms with Crippen LogP contribution >= 0.6 is 13.9 Å². The van der Waals surface area contributed by atoms with E-state index in [9.17, 15) is 0 Å². The second-order valence-corrected chi connectivity index (χ2v) is 6.22. The van der Waals surface area contributed by atoms with Crippen molar-refractivity contribution in [1.82, 2.24) is 0 Å². The summed E-state index contributed by atoms with van der Waals surface area (Å²) in [7, 11) is 0. The summed E-state index contributed by atoms with van der Waals surface area (Å²) in [5, 5.41) is 0. The maximum absolute atomic E-state index is 5.12. The van der Waals surface area contributed by atoms with E-state index in [1.807, 2.05) is 0 Å². The van der Waals surface area contributed by atoms with E-state index in [2.05, 4.69) is 13.9 Å². The van der Waals surface area contributed by atoms with E-state index in [1.54, 1.807) is 0 Å². The van der Waals surface area contributed by atoms with Crippen LogP contribution in [0, 0.1) is 0 Å². The second kappa shape index (κ2) is 3.08. The molecule has 0 aliphatic carbocycles. The van der Waals surface area contributed by atoms with Crippen molar-refractivity contribution in [1.29, 1.82) is 0 Å². The topological polar surface area (TPSA) is 18.5 Å². The summed E-state index contributed by atoms with van der Waals surface area (Å²) in [6.07, 6.45) is 1.05. The molecule has 7 heavy (non-hydrogen) atoms. The van der Waals surface area contributed by atoms with Gasteiger partial charge < -0.3 is 0 Å². The Morgan fingerprint density at radius 2 is 1.86 bits per heavy atom. The molecule has 2 nitrogen and oxygen atoms in total. The normalized spacial score (nSPS) is 25.3. The molecule has 1 aliphatic rings. The quantitative estimate of drug-likeness (QED) is 0.572. The van der Waals surface area contributed by atoms with Crippen molar-refractivity contribution in [2.75, 3.05) is 13.2 Å². The van der Waals surface area contributed by atoms with E-state index in [0.717, 1.165) is 19.6 Å². The molecule has 0 N–H and O–H groups in total. The van der Waals surface area contributed by atoms with Crippen LogP contribution in [0.5, 0.6) is 0 Å². The van der Waals surface area contributed by atoms with Gasteiger partial charge in [0.05, 0.1) is 0 Å². The molecule has 1 fully saturated rings. The van der Waals surface area contributed by atoms with E-state index < -0.39 is 13.5 Å². The third kappa shape index (κ3) is 2.13. The van der Waals surface area contributed by atoms with E-state index in [4.69, 9.17) is 7.45 Å². The number of rotatable bonds is 0. The molecule has 0 radical (unpaired) electrons. The first kappa shape index (κ1) is 6.08. The molecule has 1 rings (SSSR count). The summed E-state index contributed by atoms with van der Waals surface area (Å²) in [5.74, 6) is 0. The van der Waals surface area contributed by atoms with Gasteiger partial charge in [0, 0.05) is 0 Å². The van der Waals surface area contributed by atoms with Crippen molar-refractivity contribution >= 4 is 27.4 Å². The molecule has 0 saturated carbocycles. The fraction of sp³-hybridized carbons (Fsp3) is 1.00. The fourth-order valence-electron chi connectivity index (χ4n) is 0.369. The number of hydrogen-bond donors (Lipinski definition) is 0. The molecule has 1 saturated heterocycles. The van der Waals surface area contributed by atoms with Gasteiger partial charge in [0.1, 0.15) is 0 Å². The Bertz CT molecular complexity index is 54.9. The summed E-state index contributed by atoms with van der Waals surface area (Å²) in [6.45, 7) is 1.76. The molecule has 0 spiro atoms. The Morgan fingerprint density at radius 3 is 2.14 bits per heavy atom. The molecule has 0 unspecified atom stereocenters. The molecule has 1 aliphatic heterocycles. The van der Waals surface area contributed by atoms with Gasteiger partial charge in [-0.2, -0.15) is 0 Å². The van der Waals surface area contributed by atoms with Gasteiger partial charge in [-0.05, 0) is 0 Å². The zero-order valence-electron chi connectivity index (χ0n) is 3.76. The van der Waals surface area contributed by atoms with Crippen molar-refractivity contribution in [3.05, 3.63) is 0 Å². The first-order valence-electron chi connectivity index (χ1n) is 2.11. The van der Waals surface area contributed by atoms with Gasteiger partial charge in [-0.25, -0.2) is 0 Å². The van der Waals surface area contributed by atoms with Crippen molar-refractivity contribution < 1.29 is 7.45 Å². The average molecular weight is 229 g/mol. The van der Waals surface area contributed by atoms with Crippen molar-refractivity contribution in [3.63, 3.8) is 0 Å². The molecule has 1 heterocycles. The van der Waals surface area contributed by atoms with Crippen LogP contribution in [0.2, 0.25) is 0 Å². The molecule has 0 aromatic heterocycles. The summed E-state index contributed by atoms with van der Waals surface area (Å²) >= 11 is 1.95. The minimum absolute atomic E-state index is 0.880. The van der Waals surface area contributed by atoms with Crippen molar-refractivity contribution in [2.24, 2.45) is 0 Å². The van der Waals surface area contributed by atoms with Gasteiger partial charge in [-0.15, -0.1) is 0 Å². The van der Waals surface area contributed by atoms with E-state index in [0.29, 0.717) is 0 Å². The predicted molar refractivity (Wildman–Crippen MR) is 31.2 cm³/mol. The molecule has 0 amide bonds. The maximum atomic E-state index is 5.12. The molecule has 4 heteroatoms. The molecular formula is C3H6AsBrO2. The number of hydrogen-bond acceptors (Lipinski definition) is 2. The Kier molecular flexibility index (Phi) is 2.68. The van der Waals surface area contributed by atoms with Crippen LogP contribution in [0.4, 0.5) is 0 Å². The first-order valence-corrected chi connectivity index (χ1v) is 8.04. The minimum atomic E-state index is -1.34. The zero-order valence-corrected chi connectivity index (χ0v) is 7.23. The number of halogens is 1. The van der Waals surface area contributed by atoms with Gasteiger partial charge >= 0.3 is 54.5 Å². The van der Waals surface area contributed by atoms with Gasteiger partial charge in [0.2, 0.25) is 0 Å². The molecule has 0 aromatic carbocycles. The van der Waals surface area contributed by atoms with E-state index in [-0.39, 0.29) is 0 Å². The van der Waals surface area contributed by atoms with Gasteiger partial charge in [-0.3, -0.25) is 0 Å². The monoisotopic (exact) mass is 228 g/mol. The van der Waals surface area contributed by atoms with E-state index >= 15 is 0 Å². The summed E-state index contributed by atoms with van der Waals surface area (Å²) in [4.78, 5) is 0. The Balaban J connectivity index is 2.12. The van der Waals surface area contributed by atoms with Crippen molar-refractivity contribution in [2.45, 2.75) is 6.42 Å². The molecule has 0 bridgehead atoms. The third-order valence-corrected chi connectivity index (χ3v) is 4.42. The van der Waals surface area contributed by atoms with Crippen LogP contribution in [0.15, 0.2) is 0 Å². The van der Waals surface area contributed by atoms with Crippen LogP contribution in [-0.2, 0) is 7.45 Å². The van der Waals surface area contributed by atoms with Crippen LogP contribution in [0.1, 0.15) is 6.42 Å². The summed E-state index contributed by atoms with van der Waals surface area (Å²) in [5.41, 5.74) is 0.